The van der Waals surface area contributed by atoms with Crippen LogP contribution in [0.15, 0.2) is 196 Å². The summed E-state index contributed by atoms with van der Waals surface area (Å²) >= 11 is 4.56. The fourth-order valence-corrected chi connectivity index (χ4v) is 15.5. The second kappa shape index (κ2) is 40.8. The van der Waals surface area contributed by atoms with Crippen molar-refractivity contribution in [3.05, 3.63) is 257 Å². The molecule has 15 rings (SSSR count). The minimum atomic E-state index is -0.537. The lowest BCUT2D eigenvalue weighted by atomic mass is 10.1. The van der Waals surface area contributed by atoms with Gasteiger partial charge in [0.1, 0.15) is 46.1 Å². The minimum Gasteiger partial charge on any atom is -0.453 e. The van der Waals surface area contributed by atoms with E-state index in [0.29, 0.717) is 62.8 Å². The number of carbonyl (C=O) groups excluding carboxylic acids is 2. The lowest BCUT2D eigenvalue weighted by Crippen LogP contribution is -2.17. The number of nitrogen functional groups attached to an aromatic ring is 2. The van der Waals surface area contributed by atoms with Gasteiger partial charge in [0.25, 0.3) is 0 Å². The lowest BCUT2D eigenvalue weighted by molar-refractivity contribution is -0.118. The number of nitrogens with two attached hydrogens (primary N) is 2. The number of aryl methyl sites for hydroxylation is 5. The molecule has 115 heavy (non-hydrogen) atoms. The third-order valence-corrected chi connectivity index (χ3v) is 21.7. The number of ether oxygens (including phenoxy) is 3. The Morgan fingerprint density at radius 3 is 1.12 bits per heavy atom. The third kappa shape index (κ3) is 23.7. The van der Waals surface area contributed by atoms with E-state index < -0.39 is 17.5 Å². The molecule has 0 atom stereocenters. The molecule has 0 spiro atoms. The molecule has 0 radical (unpaired) electrons. The summed E-state index contributed by atoms with van der Waals surface area (Å²) in [6.07, 6.45) is 25.3. The Hall–Kier alpha value is -11.8. The summed E-state index contributed by atoms with van der Waals surface area (Å²) in [6.45, 7) is 13.9. The molecule has 0 bridgehead atoms. The summed E-state index contributed by atoms with van der Waals surface area (Å²) in [7, 11) is 0. The largest absolute Gasteiger partial charge is 0.453 e. The number of Topliss-reactive ketones (excluding diaryl/α,β-unsaturated/α-hetero) is 2. The quantitative estimate of drug-likeness (QED) is 0.0261. The number of thiophene rings is 3. The number of nitrogens with zero attached hydrogens (tertiary/aromatic N) is 9. The van der Waals surface area contributed by atoms with Crippen molar-refractivity contribution in [2.24, 2.45) is 0 Å². The first-order valence-corrected chi connectivity index (χ1v) is 40.8. The van der Waals surface area contributed by atoms with Crippen LogP contribution in [0.1, 0.15) is 135 Å². The first-order chi connectivity index (χ1) is 55.9. The second-order valence-corrected chi connectivity index (χ2v) is 30.9. The zero-order valence-electron chi connectivity index (χ0n) is 64.9. The van der Waals surface area contributed by atoms with Crippen LogP contribution in [0.25, 0.3) is 62.4 Å². The van der Waals surface area contributed by atoms with Gasteiger partial charge in [0.2, 0.25) is 0 Å². The molecule has 12 heterocycles. The van der Waals surface area contributed by atoms with Crippen LogP contribution in [0.4, 0.5) is 24.7 Å². The van der Waals surface area contributed by atoms with Gasteiger partial charge in [-0.15, -0.1) is 34.0 Å². The average molecular weight is 1610 g/mol. The van der Waals surface area contributed by atoms with E-state index in [4.69, 9.17) is 34.7 Å². The zero-order chi connectivity index (χ0) is 80.6. The molecule has 592 valence electrons. The van der Waals surface area contributed by atoms with E-state index in [1.54, 1.807) is 106 Å². The predicted molar refractivity (Wildman–Crippen MR) is 448 cm³/mol. The standard InChI is InChI=1S/C31H30FN3O3S.C30H29FN4O3S.C24H24FN3OS.C4H6N2O/c1-3-4-5-6-7-21-8-10-26(34-19-21)30-18-27-31(39-30)29(12-13-33-27)37-28-11-9-22(16-25(28)32)15-24(36)17-23-14-20(2)38-35-23;1-3-10-32-11-8-20-4-6-25(34-18-20)29-17-26-30(39-29)28(9-12-33-26)37-27-7-5-21(15-24(27)31)14-23(36)16-22-13-19(2)38-35-22;1-2-3-4-5-6-16-7-9-19(28-15-16)23-14-20-24(30-23)22(11-12-27-20)29-21-10-8-17(26)13-18(21)25;1-3-2-4(5)6-7-3/h8-14,16,18-19H,3-7,15,17H2,1-2H3;4-7,9,12-13,15,17-18,32H,3,8,10-11,14,16H2,1-2H3;7-15H,2-6,26H2,1H3;2H,1H3,(H2,5,6). The number of ketones is 2. The highest BCUT2D eigenvalue weighted by Crippen LogP contribution is 2.43. The van der Waals surface area contributed by atoms with Crippen LogP contribution in [0.3, 0.4) is 0 Å². The maximum absolute atomic E-state index is 15.0. The van der Waals surface area contributed by atoms with E-state index in [2.05, 4.69) is 100 Å². The summed E-state index contributed by atoms with van der Waals surface area (Å²) < 4.78 is 78.9. The SMILES string of the molecule is CCCCCCc1ccc(-c2cc3nccc(Oc4ccc(CC(=O)Cc5cc(C)on5)cc4F)c3s2)nc1.CCCCCCc1ccc(-c2cc3nccc(Oc4ccc(N)cc4F)c3s2)nc1.CCCNCCc1ccc(-c2cc3nccc(Oc4ccc(CC(=O)Cc5cc(C)on5)cc4F)c3s2)nc1.Cc1cc(N)no1. The highest BCUT2D eigenvalue weighted by molar-refractivity contribution is 7.23. The van der Waals surface area contributed by atoms with Crippen LogP contribution in [-0.2, 0) is 54.5 Å². The van der Waals surface area contributed by atoms with Crippen molar-refractivity contribution in [2.45, 2.75) is 144 Å². The highest BCUT2D eigenvalue weighted by atomic mass is 32.1. The van der Waals surface area contributed by atoms with E-state index in [9.17, 15) is 22.8 Å². The van der Waals surface area contributed by atoms with Crippen molar-refractivity contribution in [2.75, 3.05) is 24.6 Å². The number of aromatic nitrogens is 9. The van der Waals surface area contributed by atoms with Gasteiger partial charge in [-0.05, 0) is 173 Å². The summed E-state index contributed by atoms with van der Waals surface area (Å²) in [5.41, 5.74) is 22.1. The summed E-state index contributed by atoms with van der Waals surface area (Å²) in [5, 5.41) is 14.5. The number of nitrogens with one attached hydrogen (secondary N) is 1. The van der Waals surface area contributed by atoms with E-state index in [-0.39, 0.29) is 54.5 Å². The molecule has 20 nitrogen and oxygen atoms in total. The molecule has 0 aliphatic rings. The van der Waals surface area contributed by atoms with E-state index in [1.165, 1.54) is 126 Å². The number of hydrogen-bond acceptors (Lipinski definition) is 23. The Bertz CT molecular complexity index is 5450. The van der Waals surface area contributed by atoms with E-state index >= 15 is 0 Å². The topological polar surface area (TPSA) is 281 Å². The normalized spacial score (nSPS) is 11.1. The van der Waals surface area contributed by atoms with Gasteiger partial charge in [0, 0.05) is 98.2 Å². The smallest absolute Gasteiger partial charge is 0.167 e. The van der Waals surface area contributed by atoms with Crippen molar-refractivity contribution < 1.29 is 50.5 Å². The van der Waals surface area contributed by atoms with Crippen LogP contribution in [0.2, 0.25) is 0 Å². The molecule has 0 unspecified atom stereocenters. The number of pyridine rings is 6. The van der Waals surface area contributed by atoms with Gasteiger partial charge in [-0.1, -0.05) is 105 Å². The molecular formula is C89H89F3N12O8S3. The van der Waals surface area contributed by atoms with Gasteiger partial charge in [-0.25, -0.2) is 13.2 Å². The van der Waals surface area contributed by atoms with E-state index in [1.807, 2.05) is 48.9 Å². The van der Waals surface area contributed by atoms with Crippen LogP contribution >= 0.6 is 34.0 Å². The van der Waals surface area contributed by atoms with Gasteiger partial charge in [-0.2, -0.15) is 0 Å². The third-order valence-electron chi connectivity index (χ3n) is 18.2. The molecular weight excluding hydrogens is 1520 g/mol. The van der Waals surface area contributed by atoms with Gasteiger partial charge in [-0.3, -0.25) is 39.5 Å². The first kappa shape index (κ1) is 82.6. The van der Waals surface area contributed by atoms with Crippen LogP contribution in [0.5, 0.6) is 34.5 Å². The molecule has 0 fully saturated rings. The number of rotatable bonds is 32. The molecule has 15 aromatic rings. The number of carbonyl (C=O) groups is 2. The highest BCUT2D eigenvalue weighted by Gasteiger charge is 2.20. The fraction of sp³-hybridized carbons (Fsp3) is 0.270. The molecule has 12 aromatic heterocycles. The van der Waals surface area contributed by atoms with Crippen molar-refractivity contribution in [1.29, 1.82) is 0 Å². The Kier molecular flexibility index (Phi) is 29.3. The molecule has 26 heteroatoms. The summed E-state index contributed by atoms with van der Waals surface area (Å²) in [6, 6.07) is 42.3. The molecule has 0 aliphatic heterocycles. The maximum Gasteiger partial charge on any atom is 0.167 e. The van der Waals surface area contributed by atoms with Crippen molar-refractivity contribution in [3.63, 3.8) is 0 Å². The molecule has 0 saturated heterocycles. The second-order valence-electron chi connectivity index (χ2n) is 27.7. The number of anilines is 2. The number of hydrogen-bond donors (Lipinski definition) is 3. The summed E-state index contributed by atoms with van der Waals surface area (Å²) in [5.74, 6) is 2.68. The van der Waals surface area contributed by atoms with Crippen molar-refractivity contribution in [1.82, 2.24) is 50.7 Å². The number of benzene rings is 3. The minimum absolute atomic E-state index is 0.0727. The van der Waals surface area contributed by atoms with Crippen molar-refractivity contribution in [3.8, 4) is 66.2 Å². The molecule has 0 amide bonds. The molecule has 0 aliphatic carbocycles. The molecule has 3 aromatic carbocycles. The number of halogens is 3. The van der Waals surface area contributed by atoms with E-state index in [0.717, 1.165) is 107 Å². The lowest BCUT2D eigenvalue weighted by Gasteiger charge is -2.09. The number of unbranched alkanes of at least 4 members (excludes halogenated alkanes) is 6. The monoisotopic (exact) mass is 1610 g/mol. The van der Waals surface area contributed by atoms with Crippen LogP contribution in [-0.4, -0.2) is 70.0 Å². The van der Waals surface area contributed by atoms with Gasteiger partial charge in [0.05, 0.1) is 86.6 Å². The van der Waals surface area contributed by atoms with Crippen molar-refractivity contribution >= 4 is 87.7 Å². The maximum atomic E-state index is 15.0. The van der Waals surface area contributed by atoms with Gasteiger partial charge >= 0.3 is 0 Å². The number of fused-ring (bicyclic) bond motifs is 3. The zero-order valence-corrected chi connectivity index (χ0v) is 67.3. The van der Waals surface area contributed by atoms with Crippen LogP contribution < -0.4 is 31.0 Å². The summed E-state index contributed by atoms with van der Waals surface area (Å²) in [4.78, 5) is 55.0. The van der Waals surface area contributed by atoms with Gasteiger partial charge in [0.15, 0.2) is 40.5 Å². The molecule has 5 N–H and O–H groups in total. The fourth-order valence-electron chi connectivity index (χ4n) is 12.4. The Labute approximate surface area is 676 Å². The van der Waals surface area contributed by atoms with Crippen LogP contribution in [0, 0.1) is 38.2 Å². The van der Waals surface area contributed by atoms with Gasteiger partial charge < -0.3 is 44.6 Å². The average Bonchev–Trinajstić information content (AvgIpc) is 1.68. The Morgan fingerprint density at radius 1 is 0.391 bits per heavy atom. The first-order valence-electron chi connectivity index (χ1n) is 38.3. The Balaban J connectivity index is 0.000000154. The molecule has 0 saturated carbocycles. The Morgan fingerprint density at radius 2 is 0.783 bits per heavy atom. The predicted octanol–water partition coefficient (Wildman–Crippen LogP) is 22.1.